The van der Waals surface area contributed by atoms with E-state index in [1.165, 1.54) is 17.7 Å². The topological polar surface area (TPSA) is 32.3 Å². The van der Waals surface area contributed by atoms with Gasteiger partial charge in [-0.1, -0.05) is 13.0 Å². The predicted molar refractivity (Wildman–Crippen MR) is 71.1 cm³/mol. The van der Waals surface area contributed by atoms with Gasteiger partial charge in [-0.05, 0) is 30.8 Å². The molecule has 0 saturated heterocycles. The molecule has 2 rings (SSSR count). The van der Waals surface area contributed by atoms with Crippen LogP contribution in [0.4, 0.5) is 0 Å². The van der Waals surface area contributed by atoms with Crippen LogP contribution < -0.4 is 5.32 Å². The molecule has 0 atom stereocenters. The van der Waals surface area contributed by atoms with Gasteiger partial charge in [0.05, 0.1) is 6.54 Å². The zero-order valence-electron chi connectivity index (χ0n) is 10.3. The molecule has 94 valence electrons. The van der Waals surface area contributed by atoms with Crippen molar-refractivity contribution in [1.82, 2.24) is 10.2 Å². The van der Waals surface area contributed by atoms with Crippen LogP contribution in [0.3, 0.4) is 0 Å². The Morgan fingerprint density at radius 1 is 1.59 bits per heavy atom. The summed E-state index contributed by atoms with van der Waals surface area (Å²) in [5.74, 6) is 0.293. The van der Waals surface area contributed by atoms with E-state index in [0.717, 1.165) is 19.6 Å². The Morgan fingerprint density at radius 2 is 2.41 bits per heavy atom. The minimum Gasteiger partial charge on any atom is -0.335 e. The third-order valence-corrected chi connectivity index (χ3v) is 3.84. The van der Waals surface area contributed by atoms with E-state index in [1.54, 1.807) is 11.3 Å². The first-order chi connectivity index (χ1) is 8.31. The van der Waals surface area contributed by atoms with Gasteiger partial charge >= 0.3 is 0 Å². The van der Waals surface area contributed by atoms with Crippen LogP contribution in [0.5, 0.6) is 0 Å². The van der Waals surface area contributed by atoms with Crippen LogP contribution in [0.25, 0.3) is 0 Å². The quantitative estimate of drug-likeness (QED) is 0.755. The van der Waals surface area contributed by atoms with Crippen LogP contribution in [0.1, 0.15) is 31.1 Å². The molecule has 1 N–H and O–H groups in total. The summed E-state index contributed by atoms with van der Waals surface area (Å²) in [6.45, 7) is 4.59. The Hall–Kier alpha value is -0.870. The Balaban J connectivity index is 1.86. The van der Waals surface area contributed by atoms with E-state index < -0.39 is 0 Å². The maximum absolute atomic E-state index is 12.1. The van der Waals surface area contributed by atoms with E-state index in [1.807, 2.05) is 6.07 Å². The molecule has 1 aliphatic rings. The lowest BCUT2D eigenvalue weighted by Gasteiger charge is -2.21. The minimum atomic E-state index is 0.293. The highest BCUT2D eigenvalue weighted by molar-refractivity contribution is 7.09. The van der Waals surface area contributed by atoms with E-state index in [0.29, 0.717) is 18.4 Å². The molecule has 1 aromatic heterocycles. The third kappa shape index (κ3) is 3.82. The molecule has 3 nitrogen and oxygen atoms in total. The lowest BCUT2D eigenvalue weighted by Crippen LogP contribution is -2.34. The lowest BCUT2D eigenvalue weighted by molar-refractivity contribution is -0.132. The van der Waals surface area contributed by atoms with E-state index in [9.17, 15) is 4.79 Å². The van der Waals surface area contributed by atoms with Crippen molar-refractivity contribution >= 4 is 17.2 Å². The summed E-state index contributed by atoms with van der Waals surface area (Å²) in [6, 6.07) is 4.66. The molecule has 0 unspecified atom stereocenters. The molecule has 1 saturated carbocycles. The van der Waals surface area contributed by atoms with Crippen molar-refractivity contribution in [2.24, 2.45) is 0 Å². The number of thiophene rings is 1. The summed E-state index contributed by atoms with van der Waals surface area (Å²) in [7, 11) is 0. The predicted octanol–water partition coefficient (Wildman–Crippen LogP) is 2.24. The second kappa shape index (κ2) is 6.17. The molecule has 17 heavy (non-hydrogen) atoms. The Morgan fingerprint density at radius 3 is 3.00 bits per heavy atom. The smallest absolute Gasteiger partial charge is 0.224 e. The molecule has 1 fully saturated rings. The Bertz CT molecular complexity index is 346. The van der Waals surface area contributed by atoms with Crippen LogP contribution in [-0.2, 0) is 11.3 Å². The number of carbonyl (C=O) groups is 1. The molecule has 0 aliphatic heterocycles. The summed E-state index contributed by atoms with van der Waals surface area (Å²) >= 11 is 1.73. The molecule has 1 aromatic rings. The molecule has 1 aliphatic carbocycles. The average molecular weight is 252 g/mol. The van der Waals surface area contributed by atoms with Crippen LogP contribution in [0.2, 0.25) is 0 Å². The standard InChI is InChI=1S/C13H20N2OS/c1-2-14-8-7-13(16)15(11-5-6-11)10-12-4-3-9-17-12/h3-4,9,11,14H,2,5-8,10H2,1H3. The zero-order chi connectivity index (χ0) is 12.1. The molecule has 0 bridgehead atoms. The van der Waals surface area contributed by atoms with Crippen LogP contribution >= 0.6 is 11.3 Å². The minimum absolute atomic E-state index is 0.293. The summed E-state index contributed by atoms with van der Waals surface area (Å²) in [4.78, 5) is 15.5. The van der Waals surface area contributed by atoms with Gasteiger partial charge in [0.2, 0.25) is 5.91 Å². The number of carbonyl (C=O) groups excluding carboxylic acids is 1. The maximum atomic E-state index is 12.1. The van der Waals surface area contributed by atoms with E-state index in [4.69, 9.17) is 0 Å². The molecule has 0 aromatic carbocycles. The molecule has 4 heteroatoms. The fourth-order valence-electron chi connectivity index (χ4n) is 1.89. The molecular weight excluding hydrogens is 232 g/mol. The normalized spacial score (nSPS) is 14.9. The number of rotatable bonds is 7. The Labute approximate surface area is 107 Å². The first kappa shape index (κ1) is 12.6. The van der Waals surface area contributed by atoms with Gasteiger partial charge < -0.3 is 10.2 Å². The van der Waals surface area contributed by atoms with Gasteiger partial charge in [0.15, 0.2) is 0 Å². The SMILES string of the molecule is CCNCCC(=O)N(Cc1cccs1)C1CC1. The summed E-state index contributed by atoms with van der Waals surface area (Å²) in [5, 5.41) is 5.28. The zero-order valence-corrected chi connectivity index (χ0v) is 11.1. The third-order valence-electron chi connectivity index (χ3n) is 2.98. The Kier molecular flexibility index (Phi) is 4.57. The van der Waals surface area contributed by atoms with Gasteiger partial charge in [-0.3, -0.25) is 4.79 Å². The number of nitrogens with one attached hydrogen (secondary N) is 1. The first-order valence-corrected chi connectivity index (χ1v) is 7.21. The largest absolute Gasteiger partial charge is 0.335 e. The highest BCUT2D eigenvalue weighted by Gasteiger charge is 2.32. The van der Waals surface area contributed by atoms with Crippen molar-refractivity contribution in [3.63, 3.8) is 0 Å². The molecule has 0 spiro atoms. The van der Waals surface area contributed by atoms with Crippen molar-refractivity contribution < 1.29 is 4.79 Å². The monoisotopic (exact) mass is 252 g/mol. The highest BCUT2D eigenvalue weighted by atomic mass is 32.1. The number of hydrogen-bond acceptors (Lipinski definition) is 3. The van der Waals surface area contributed by atoms with Crippen molar-refractivity contribution in [2.75, 3.05) is 13.1 Å². The van der Waals surface area contributed by atoms with Gasteiger partial charge in [0, 0.05) is 23.9 Å². The van der Waals surface area contributed by atoms with E-state index in [-0.39, 0.29) is 0 Å². The number of nitrogens with zero attached hydrogens (tertiary/aromatic N) is 1. The maximum Gasteiger partial charge on any atom is 0.224 e. The average Bonchev–Trinajstić information content (AvgIpc) is 3.03. The lowest BCUT2D eigenvalue weighted by atomic mass is 10.3. The van der Waals surface area contributed by atoms with Crippen molar-refractivity contribution in [1.29, 1.82) is 0 Å². The molecule has 1 heterocycles. The van der Waals surface area contributed by atoms with Gasteiger partial charge in [-0.15, -0.1) is 11.3 Å². The van der Waals surface area contributed by atoms with Crippen LogP contribution in [-0.4, -0.2) is 29.9 Å². The molecule has 1 amide bonds. The summed E-state index contributed by atoms with van der Waals surface area (Å²) in [5.41, 5.74) is 0. The second-order valence-electron chi connectivity index (χ2n) is 4.44. The second-order valence-corrected chi connectivity index (χ2v) is 5.47. The van der Waals surface area contributed by atoms with Crippen LogP contribution in [0.15, 0.2) is 17.5 Å². The van der Waals surface area contributed by atoms with Gasteiger partial charge in [0.1, 0.15) is 0 Å². The highest BCUT2D eigenvalue weighted by Crippen LogP contribution is 2.29. The van der Waals surface area contributed by atoms with Gasteiger partial charge in [0.25, 0.3) is 0 Å². The van der Waals surface area contributed by atoms with E-state index in [2.05, 4.69) is 28.6 Å². The van der Waals surface area contributed by atoms with Crippen molar-refractivity contribution in [2.45, 2.75) is 38.8 Å². The van der Waals surface area contributed by atoms with Gasteiger partial charge in [-0.25, -0.2) is 0 Å². The van der Waals surface area contributed by atoms with E-state index >= 15 is 0 Å². The fraction of sp³-hybridized carbons (Fsp3) is 0.615. The summed E-state index contributed by atoms with van der Waals surface area (Å²) < 4.78 is 0. The van der Waals surface area contributed by atoms with Crippen molar-refractivity contribution in [3.05, 3.63) is 22.4 Å². The summed E-state index contributed by atoms with van der Waals surface area (Å²) in [6.07, 6.45) is 2.98. The molecular formula is C13H20N2OS. The first-order valence-electron chi connectivity index (χ1n) is 6.34. The number of amides is 1. The fourth-order valence-corrected chi connectivity index (χ4v) is 2.60. The molecule has 0 radical (unpaired) electrons. The van der Waals surface area contributed by atoms with Crippen molar-refractivity contribution in [3.8, 4) is 0 Å². The van der Waals surface area contributed by atoms with Gasteiger partial charge in [-0.2, -0.15) is 0 Å². The van der Waals surface area contributed by atoms with Crippen LogP contribution in [0, 0.1) is 0 Å². The number of hydrogen-bond donors (Lipinski definition) is 1.